The van der Waals surface area contributed by atoms with Gasteiger partial charge in [0.2, 0.25) is 0 Å². The van der Waals surface area contributed by atoms with Crippen LogP contribution in [0.15, 0.2) is 18.3 Å². The Labute approximate surface area is 97.5 Å². The van der Waals surface area contributed by atoms with Crippen LogP contribution in [0.1, 0.15) is 18.3 Å². The molecule has 0 saturated heterocycles. The molecule has 0 amide bonds. The molecule has 0 fully saturated rings. The summed E-state index contributed by atoms with van der Waals surface area (Å²) in [5, 5.41) is 9.43. The maximum absolute atomic E-state index is 10.8. The van der Waals surface area contributed by atoms with Crippen molar-refractivity contribution in [1.29, 1.82) is 0 Å². The first-order valence-electron chi connectivity index (χ1n) is 4.99. The molecule has 2 aromatic rings. The van der Waals surface area contributed by atoms with E-state index in [-0.39, 0.29) is 6.42 Å². The maximum Gasteiger partial charge on any atom is 0.309 e. The van der Waals surface area contributed by atoms with Crippen LogP contribution in [0.2, 0.25) is 5.02 Å². The molecule has 0 spiro atoms. The lowest BCUT2D eigenvalue weighted by Crippen LogP contribution is -2.05. The predicted molar refractivity (Wildman–Crippen MR) is 60.9 cm³/mol. The van der Waals surface area contributed by atoms with Crippen LogP contribution in [-0.4, -0.2) is 20.5 Å². The summed E-state index contributed by atoms with van der Waals surface area (Å²) < 4.78 is 1.75. The normalized spacial score (nSPS) is 10.9. The molecule has 0 radical (unpaired) electrons. The van der Waals surface area contributed by atoms with Crippen molar-refractivity contribution in [1.82, 2.24) is 9.38 Å². The van der Waals surface area contributed by atoms with Crippen molar-refractivity contribution >= 4 is 23.2 Å². The first-order chi connectivity index (χ1) is 7.61. The van der Waals surface area contributed by atoms with Crippen molar-refractivity contribution in [2.45, 2.75) is 19.8 Å². The van der Waals surface area contributed by atoms with E-state index < -0.39 is 5.97 Å². The highest BCUT2D eigenvalue weighted by Gasteiger charge is 2.13. The third kappa shape index (κ3) is 1.88. The number of carbonyl (C=O) groups is 1. The molecule has 0 bridgehead atoms. The quantitative estimate of drug-likeness (QED) is 0.892. The third-order valence-corrected chi connectivity index (χ3v) is 2.64. The third-order valence-electron chi connectivity index (χ3n) is 2.42. The van der Waals surface area contributed by atoms with Crippen molar-refractivity contribution in [2.75, 3.05) is 0 Å². The van der Waals surface area contributed by atoms with E-state index in [2.05, 4.69) is 4.98 Å². The number of hydrogen-bond acceptors (Lipinski definition) is 2. The molecule has 0 aliphatic rings. The fraction of sp³-hybridized carbons (Fsp3) is 0.273. The fourth-order valence-electron chi connectivity index (χ4n) is 1.73. The highest BCUT2D eigenvalue weighted by molar-refractivity contribution is 6.30. The molecule has 0 atom stereocenters. The zero-order valence-corrected chi connectivity index (χ0v) is 9.53. The summed E-state index contributed by atoms with van der Waals surface area (Å²) in [7, 11) is 0. The minimum atomic E-state index is -0.864. The van der Waals surface area contributed by atoms with E-state index in [9.17, 15) is 4.79 Å². The Morgan fingerprint density at radius 2 is 2.31 bits per heavy atom. The van der Waals surface area contributed by atoms with Crippen molar-refractivity contribution in [2.24, 2.45) is 0 Å². The van der Waals surface area contributed by atoms with Gasteiger partial charge in [-0.2, -0.15) is 0 Å². The van der Waals surface area contributed by atoms with Crippen LogP contribution in [0.3, 0.4) is 0 Å². The number of halogens is 1. The zero-order valence-electron chi connectivity index (χ0n) is 8.77. The molecule has 2 aromatic heterocycles. The summed E-state index contributed by atoms with van der Waals surface area (Å²) in [5.41, 5.74) is 2.25. The smallest absolute Gasteiger partial charge is 0.309 e. The number of pyridine rings is 1. The van der Waals surface area contributed by atoms with Gasteiger partial charge in [-0.15, -0.1) is 0 Å². The number of carboxylic acid groups (broad SMARTS) is 1. The summed E-state index contributed by atoms with van der Waals surface area (Å²) >= 11 is 5.88. The average Bonchev–Trinajstić information content (AvgIpc) is 2.56. The molecule has 0 aliphatic heterocycles. The molecule has 1 N–H and O–H groups in total. The van der Waals surface area contributed by atoms with Gasteiger partial charge in [0.1, 0.15) is 5.65 Å². The monoisotopic (exact) mass is 238 g/mol. The van der Waals surface area contributed by atoms with Crippen molar-refractivity contribution in [3.63, 3.8) is 0 Å². The Morgan fingerprint density at radius 3 is 2.94 bits per heavy atom. The van der Waals surface area contributed by atoms with Crippen LogP contribution in [0, 0.1) is 0 Å². The fourth-order valence-corrected chi connectivity index (χ4v) is 1.89. The van der Waals surface area contributed by atoms with Gasteiger partial charge in [0.15, 0.2) is 0 Å². The van der Waals surface area contributed by atoms with Gasteiger partial charge in [-0.25, -0.2) is 4.98 Å². The number of imidazole rings is 1. The summed E-state index contributed by atoms with van der Waals surface area (Å²) in [6, 6.07) is 3.53. The Hall–Kier alpha value is -1.55. The summed E-state index contributed by atoms with van der Waals surface area (Å²) in [4.78, 5) is 15.2. The molecule has 5 heteroatoms. The lowest BCUT2D eigenvalue weighted by molar-refractivity contribution is -0.136. The van der Waals surface area contributed by atoms with E-state index in [1.165, 1.54) is 0 Å². The van der Waals surface area contributed by atoms with Gasteiger partial charge >= 0.3 is 5.97 Å². The number of rotatable bonds is 3. The van der Waals surface area contributed by atoms with Gasteiger partial charge in [-0.3, -0.25) is 4.79 Å². The van der Waals surface area contributed by atoms with Gasteiger partial charge in [-0.05, 0) is 18.6 Å². The second-order valence-corrected chi connectivity index (χ2v) is 3.94. The van der Waals surface area contributed by atoms with Crippen LogP contribution in [-0.2, 0) is 17.6 Å². The summed E-state index contributed by atoms with van der Waals surface area (Å²) in [5.74, 6) is -0.864. The Morgan fingerprint density at radius 1 is 1.56 bits per heavy atom. The van der Waals surface area contributed by atoms with E-state index in [4.69, 9.17) is 16.7 Å². The number of aryl methyl sites for hydroxylation is 1. The van der Waals surface area contributed by atoms with Gasteiger partial charge in [0.25, 0.3) is 0 Å². The van der Waals surface area contributed by atoms with E-state index >= 15 is 0 Å². The molecular weight excluding hydrogens is 228 g/mol. The lowest BCUT2D eigenvalue weighted by atomic mass is 10.2. The number of aromatic nitrogens is 2. The number of hydrogen-bond donors (Lipinski definition) is 1. The number of nitrogens with zero attached hydrogens (tertiary/aromatic N) is 2. The van der Waals surface area contributed by atoms with Gasteiger partial charge in [-0.1, -0.05) is 18.5 Å². The van der Waals surface area contributed by atoms with Crippen LogP contribution in [0.4, 0.5) is 0 Å². The standard InChI is InChI=1S/C11H11ClN2O2/c1-2-8-9(5-11(15)16)14-6-7(12)3-4-10(14)13-8/h3-4,6H,2,5H2,1H3,(H,15,16). The first-order valence-corrected chi connectivity index (χ1v) is 5.36. The van der Waals surface area contributed by atoms with Gasteiger partial charge in [0, 0.05) is 6.20 Å². The molecule has 16 heavy (non-hydrogen) atoms. The molecule has 84 valence electrons. The first kappa shape index (κ1) is 11.0. The second kappa shape index (κ2) is 4.14. The van der Waals surface area contributed by atoms with E-state index in [1.54, 1.807) is 22.7 Å². The minimum Gasteiger partial charge on any atom is -0.481 e. The largest absolute Gasteiger partial charge is 0.481 e. The van der Waals surface area contributed by atoms with Crippen molar-refractivity contribution < 1.29 is 9.90 Å². The Kier molecular flexibility index (Phi) is 2.83. The molecule has 2 heterocycles. The number of aliphatic carboxylic acids is 1. The highest BCUT2D eigenvalue weighted by atomic mass is 35.5. The average molecular weight is 239 g/mol. The van der Waals surface area contributed by atoms with E-state index in [0.29, 0.717) is 17.1 Å². The van der Waals surface area contributed by atoms with Crippen molar-refractivity contribution in [3.8, 4) is 0 Å². The molecule has 0 unspecified atom stereocenters. The topological polar surface area (TPSA) is 54.6 Å². The van der Waals surface area contributed by atoms with Crippen LogP contribution in [0.5, 0.6) is 0 Å². The molecule has 2 rings (SSSR count). The summed E-state index contributed by atoms with van der Waals surface area (Å²) in [6.07, 6.45) is 2.37. The van der Waals surface area contributed by atoms with E-state index in [0.717, 1.165) is 11.3 Å². The number of fused-ring (bicyclic) bond motifs is 1. The second-order valence-electron chi connectivity index (χ2n) is 3.50. The van der Waals surface area contributed by atoms with Gasteiger partial charge < -0.3 is 9.51 Å². The lowest BCUT2D eigenvalue weighted by Gasteiger charge is -2.00. The van der Waals surface area contributed by atoms with Gasteiger partial charge in [0.05, 0.1) is 22.8 Å². The number of carboxylic acids is 1. The Balaban J connectivity index is 2.65. The minimum absolute atomic E-state index is 0.0370. The highest BCUT2D eigenvalue weighted by Crippen LogP contribution is 2.17. The zero-order chi connectivity index (χ0) is 11.7. The van der Waals surface area contributed by atoms with E-state index in [1.807, 2.05) is 6.92 Å². The predicted octanol–water partition coefficient (Wildman–Crippen LogP) is 2.18. The van der Waals surface area contributed by atoms with Crippen LogP contribution in [0.25, 0.3) is 5.65 Å². The van der Waals surface area contributed by atoms with Crippen molar-refractivity contribution in [3.05, 3.63) is 34.7 Å². The SMILES string of the molecule is CCc1nc2ccc(Cl)cn2c1CC(=O)O. The maximum atomic E-state index is 10.8. The van der Waals surface area contributed by atoms with Crippen LogP contribution < -0.4 is 0 Å². The van der Waals surface area contributed by atoms with Crippen LogP contribution >= 0.6 is 11.6 Å². The molecule has 4 nitrogen and oxygen atoms in total. The Bertz CT molecular complexity index is 548. The molecular formula is C11H11ClN2O2. The molecule has 0 saturated carbocycles. The summed E-state index contributed by atoms with van der Waals surface area (Å²) in [6.45, 7) is 1.95. The molecule has 0 aliphatic carbocycles. The molecule has 0 aromatic carbocycles.